The first-order chi connectivity index (χ1) is 14.7. The van der Waals surface area contributed by atoms with Crippen LogP contribution in [-0.4, -0.2) is 35.4 Å². The fourth-order valence-corrected chi connectivity index (χ4v) is 3.51. The summed E-state index contributed by atoms with van der Waals surface area (Å²) in [5.41, 5.74) is 2.59. The van der Waals surface area contributed by atoms with E-state index in [1.807, 2.05) is 90.5 Å². The SMILES string of the molecule is Cc1nn(-c2ccccc2)c(Oc2ccccc2)c1/C=C1/C=CC2(COCCO2)O1. The summed E-state index contributed by atoms with van der Waals surface area (Å²) in [6.07, 6.45) is 5.73. The van der Waals surface area contributed by atoms with E-state index in [-0.39, 0.29) is 0 Å². The van der Waals surface area contributed by atoms with Crippen LogP contribution < -0.4 is 4.74 Å². The lowest BCUT2D eigenvalue weighted by atomic mass is 10.2. The third kappa shape index (κ3) is 3.63. The molecule has 0 amide bonds. The summed E-state index contributed by atoms with van der Waals surface area (Å²) < 4.78 is 25.5. The van der Waals surface area contributed by atoms with Crippen LogP contribution in [0.15, 0.2) is 78.6 Å². The van der Waals surface area contributed by atoms with Crippen LogP contribution >= 0.6 is 0 Å². The molecule has 152 valence electrons. The number of rotatable bonds is 4. The Bertz CT molecular complexity index is 1080. The standard InChI is InChI=1S/C24H22N2O4/c1-18-22(16-21-12-13-24(30-21)17-27-14-15-28-24)23(29-20-10-6-3-7-11-20)26(25-18)19-8-4-2-5-9-19/h2-13,16H,14-15,17H2,1H3/b21-16-. The van der Waals surface area contributed by atoms with Crippen molar-refractivity contribution < 1.29 is 18.9 Å². The van der Waals surface area contributed by atoms with Gasteiger partial charge in [0.15, 0.2) is 0 Å². The van der Waals surface area contributed by atoms with Gasteiger partial charge in [-0.2, -0.15) is 9.78 Å². The molecule has 6 nitrogen and oxygen atoms in total. The first-order valence-electron chi connectivity index (χ1n) is 9.92. The van der Waals surface area contributed by atoms with Crippen LogP contribution in [0.1, 0.15) is 11.3 Å². The molecule has 1 saturated heterocycles. The molecular weight excluding hydrogens is 380 g/mol. The van der Waals surface area contributed by atoms with Crippen molar-refractivity contribution in [1.29, 1.82) is 0 Å². The van der Waals surface area contributed by atoms with Gasteiger partial charge in [-0.15, -0.1) is 0 Å². The van der Waals surface area contributed by atoms with Crippen molar-refractivity contribution >= 4 is 6.08 Å². The molecular formula is C24H22N2O4. The monoisotopic (exact) mass is 402 g/mol. The van der Waals surface area contributed by atoms with Gasteiger partial charge in [0.1, 0.15) is 18.1 Å². The summed E-state index contributed by atoms with van der Waals surface area (Å²) in [4.78, 5) is 0. The number of nitrogens with zero attached hydrogens (tertiary/aromatic N) is 2. The lowest BCUT2D eigenvalue weighted by Crippen LogP contribution is -2.41. The molecule has 30 heavy (non-hydrogen) atoms. The second-order valence-electron chi connectivity index (χ2n) is 7.16. The Labute approximate surface area is 175 Å². The minimum atomic E-state index is -0.839. The van der Waals surface area contributed by atoms with Crippen LogP contribution in [-0.2, 0) is 14.2 Å². The average Bonchev–Trinajstić information content (AvgIpc) is 3.31. The van der Waals surface area contributed by atoms with Gasteiger partial charge in [-0.1, -0.05) is 36.4 Å². The largest absolute Gasteiger partial charge is 0.456 e. The maximum atomic E-state index is 6.28. The normalized spacial score (nSPS) is 21.8. The average molecular weight is 402 g/mol. The number of para-hydroxylation sites is 2. The van der Waals surface area contributed by atoms with Gasteiger partial charge in [-0.05, 0) is 49.4 Å². The molecule has 0 N–H and O–H groups in total. The molecule has 1 aromatic heterocycles. The van der Waals surface area contributed by atoms with Gasteiger partial charge >= 0.3 is 0 Å². The minimum absolute atomic E-state index is 0.371. The zero-order valence-electron chi connectivity index (χ0n) is 16.7. The second-order valence-corrected chi connectivity index (χ2v) is 7.16. The molecule has 0 aliphatic carbocycles. The summed E-state index contributed by atoms with van der Waals surface area (Å²) >= 11 is 0. The topological polar surface area (TPSA) is 54.7 Å². The highest BCUT2D eigenvalue weighted by molar-refractivity contribution is 5.64. The van der Waals surface area contributed by atoms with E-state index in [1.54, 1.807) is 0 Å². The number of aryl methyl sites for hydroxylation is 1. The van der Waals surface area contributed by atoms with Gasteiger partial charge in [0.05, 0.1) is 30.2 Å². The number of hydrogen-bond donors (Lipinski definition) is 0. The Morgan fingerprint density at radius 2 is 1.80 bits per heavy atom. The van der Waals surface area contributed by atoms with Crippen molar-refractivity contribution in [2.24, 2.45) is 0 Å². The van der Waals surface area contributed by atoms with Gasteiger partial charge in [0.25, 0.3) is 5.79 Å². The molecule has 1 fully saturated rings. The zero-order chi connectivity index (χ0) is 20.4. The number of ether oxygens (including phenoxy) is 4. The minimum Gasteiger partial charge on any atom is -0.456 e. The van der Waals surface area contributed by atoms with E-state index in [1.165, 1.54) is 0 Å². The van der Waals surface area contributed by atoms with Gasteiger partial charge in [0, 0.05) is 0 Å². The first-order valence-corrected chi connectivity index (χ1v) is 9.92. The van der Waals surface area contributed by atoms with Crippen molar-refractivity contribution in [3.63, 3.8) is 0 Å². The summed E-state index contributed by atoms with van der Waals surface area (Å²) in [6.45, 7) is 3.41. The molecule has 5 rings (SSSR count). The number of benzene rings is 2. The summed E-state index contributed by atoms with van der Waals surface area (Å²) in [5.74, 6) is 1.19. The molecule has 3 aromatic rings. The summed E-state index contributed by atoms with van der Waals surface area (Å²) in [5, 5.41) is 4.73. The number of allylic oxidation sites excluding steroid dienone is 1. The van der Waals surface area contributed by atoms with Gasteiger partial charge in [-0.3, -0.25) is 0 Å². The van der Waals surface area contributed by atoms with Crippen molar-refractivity contribution in [2.75, 3.05) is 19.8 Å². The van der Waals surface area contributed by atoms with E-state index < -0.39 is 5.79 Å². The van der Waals surface area contributed by atoms with Crippen molar-refractivity contribution in [2.45, 2.75) is 12.7 Å². The fraction of sp³-hybridized carbons (Fsp3) is 0.208. The molecule has 0 radical (unpaired) electrons. The summed E-state index contributed by atoms with van der Waals surface area (Å²) in [6, 6.07) is 19.6. The van der Waals surface area contributed by atoms with Crippen LogP contribution in [0, 0.1) is 6.92 Å². The van der Waals surface area contributed by atoms with E-state index in [2.05, 4.69) is 0 Å². The Kier molecular flexibility index (Phi) is 4.86. The van der Waals surface area contributed by atoms with Gasteiger partial charge in [-0.25, -0.2) is 0 Å². The lowest BCUT2D eigenvalue weighted by Gasteiger charge is -2.31. The van der Waals surface area contributed by atoms with Crippen molar-refractivity contribution in [3.8, 4) is 17.3 Å². The molecule has 0 bridgehead atoms. The highest BCUT2D eigenvalue weighted by Gasteiger charge is 2.38. The molecule has 3 heterocycles. The van der Waals surface area contributed by atoms with Gasteiger partial charge < -0.3 is 18.9 Å². The van der Waals surface area contributed by atoms with Crippen LogP contribution in [0.2, 0.25) is 0 Å². The highest BCUT2D eigenvalue weighted by atomic mass is 16.7. The number of hydrogen-bond acceptors (Lipinski definition) is 5. The van der Waals surface area contributed by atoms with Crippen molar-refractivity contribution in [1.82, 2.24) is 9.78 Å². The summed E-state index contributed by atoms with van der Waals surface area (Å²) in [7, 11) is 0. The Hall–Kier alpha value is -3.35. The predicted octanol–water partition coefficient (Wildman–Crippen LogP) is 4.64. The Balaban J connectivity index is 1.54. The quantitative estimate of drug-likeness (QED) is 0.636. The van der Waals surface area contributed by atoms with E-state index in [0.717, 1.165) is 22.7 Å². The fourth-order valence-electron chi connectivity index (χ4n) is 3.51. The lowest BCUT2D eigenvalue weighted by molar-refractivity contribution is -0.239. The van der Waals surface area contributed by atoms with Crippen LogP contribution in [0.25, 0.3) is 11.8 Å². The van der Waals surface area contributed by atoms with E-state index >= 15 is 0 Å². The molecule has 2 aliphatic rings. The third-order valence-electron chi connectivity index (χ3n) is 4.98. The van der Waals surface area contributed by atoms with Crippen LogP contribution in [0.3, 0.4) is 0 Å². The van der Waals surface area contributed by atoms with E-state index in [9.17, 15) is 0 Å². The molecule has 0 saturated carbocycles. The van der Waals surface area contributed by atoms with Crippen molar-refractivity contribution in [3.05, 3.63) is 89.8 Å². The molecule has 6 heteroatoms. The Morgan fingerprint density at radius 3 is 2.53 bits per heavy atom. The first kappa shape index (κ1) is 18.7. The molecule has 1 unspecified atom stereocenters. The highest BCUT2D eigenvalue weighted by Crippen LogP contribution is 2.35. The zero-order valence-corrected chi connectivity index (χ0v) is 16.7. The maximum absolute atomic E-state index is 6.28. The molecule has 1 atom stereocenters. The van der Waals surface area contributed by atoms with E-state index in [4.69, 9.17) is 24.0 Å². The molecule has 2 aliphatic heterocycles. The third-order valence-corrected chi connectivity index (χ3v) is 4.98. The molecule has 2 aromatic carbocycles. The number of aromatic nitrogens is 2. The van der Waals surface area contributed by atoms with Gasteiger partial charge in [0.2, 0.25) is 5.88 Å². The Morgan fingerprint density at radius 1 is 1.03 bits per heavy atom. The van der Waals surface area contributed by atoms with Crippen LogP contribution in [0.4, 0.5) is 0 Å². The van der Waals surface area contributed by atoms with E-state index in [0.29, 0.717) is 31.5 Å². The maximum Gasteiger partial charge on any atom is 0.254 e. The molecule has 1 spiro atoms. The second kappa shape index (κ2) is 7.82. The smallest absolute Gasteiger partial charge is 0.254 e. The van der Waals surface area contributed by atoms with Crippen LogP contribution in [0.5, 0.6) is 11.6 Å². The predicted molar refractivity (Wildman–Crippen MR) is 113 cm³/mol.